The highest BCUT2D eigenvalue weighted by Crippen LogP contribution is 2.37. The van der Waals surface area contributed by atoms with Crippen LogP contribution in [0.15, 0.2) is 40.9 Å². The van der Waals surface area contributed by atoms with Crippen molar-refractivity contribution in [2.75, 3.05) is 4.90 Å². The zero-order chi connectivity index (χ0) is 18.1. The Hall–Kier alpha value is -2.19. The fourth-order valence-corrected chi connectivity index (χ4v) is 3.75. The summed E-state index contributed by atoms with van der Waals surface area (Å²) in [5.74, 6) is -1.35. The number of Topliss-reactive ketones (excluding diaryl/α,β-unsaturated/α-hetero) is 1. The molecule has 25 heavy (non-hydrogen) atoms. The van der Waals surface area contributed by atoms with E-state index in [4.69, 9.17) is 11.1 Å². The van der Waals surface area contributed by atoms with Gasteiger partial charge in [0.1, 0.15) is 5.82 Å². The number of nitrogens with two attached hydrogens (primary N) is 1. The van der Waals surface area contributed by atoms with Crippen LogP contribution < -0.4 is 10.6 Å². The van der Waals surface area contributed by atoms with Crippen LogP contribution in [-0.2, 0) is 17.1 Å². The van der Waals surface area contributed by atoms with Crippen molar-refractivity contribution in [1.82, 2.24) is 0 Å². The predicted molar refractivity (Wildman–Crippen MR) is 99.3 cm³/mol. The topological polar surface area (TPSA) is 87.2 Å². The van der Waals surface area contributed by atoms with Crippen LogP contribution in [0.2, 0.25) is 0 Å². The Morgan fingerprint density at radius 1 is 1.20 bits per heavy atom. The normalized spacial score (nSPS) is 13.3. The third-order valence-corrected chi connectivity index (χ3v) is 5.13. The highest BCUT2D eigenvalue weighted by molar-refractivity contribution is 9.10. The van der Waals surface area contributed by atoms with E-state index >= 15 is 0 Å². The molecule has 8 heteroatoms. The van der Waals surface area contributed by atoms with Gasteiger partial charge in [-0.3, -0.25) is 19.9 Å². The molecule has 0 aliphatic carbocycles. The number of hydrogen-bond acceptors (Lipinski definition) is 4. The standard InChI is InChI=1S/C17H13BrFN3O2S/c18-13-6-11(19)5-12-14(13)22(16(24)15(12)23)7-9-1-3-10(4-2-9)8-25-17(20)21/h1-6H,7-8H2,(H3,20,21). The van der Waals surface area contributed by atoms with Gasteiger partial charge in [0.05, 0.1) is 17.8 Å². The predicted octanol–water partition coefficient (Wildman–Crippen LogP) is 3.44. The van der Waals surface area contributed by atoms with Crippen LogP contribution in [-0.4, -0.2) is 16.9 Å². The summed E-state index contributed by atoms with van der Waals surface area (Å²) in [7, 11) is 0. The highest BCUT2D eigenvalue weighted by Gasteiger charge is 2.37. The number of nitrogens with zero attached hydrogens (tertiary/aromatic N) is 1. The molecule has 0 unspecified atom stereocenters. The number of amidine groups is 1. The zero-order valence-electron chi connectivity index (χ0n) is 12.9. The Kier molecular flexibility index (Phi) is 4.91. The number of hydrogen-bond donors (Lipinski definition) is 2. The molecule has 1 amide bonds. The summed E-state index contributed by atoms with van der Waals surface area (Å²) in [6.45, 7) is 0.210. The fraction of sp³-hybridized carbons (Fsp3) is 0.118. The average Bonchev–Trinajstić information content (AvgIpc) is 2.79. The second kappa shape index (κ2) is 6.97. The zero-order valence-corrected chi connectivity index (χ0v) is 15.3. The number of amides is 1. The van der Waals surface area contributed by atoms with Crippen molar-refractivity contribution in [2.24, 2.45) is 5.73 Å². The van der Waals surface area contributed by atoms with E-state index in [1.807, 2.05) is 24.3 Å². The van der Waals surface area contributed by atoms with Crippen LogP contribution in [0.25, 0.3) is 0 Å². The Balaban J connectivity index is 1.83. The van der Waals surface area contributed by atoms with Crippen LogP contribution >= 0.6 is 27.7 Å². The van der Waals surface area contributed by atoms with E-state index in [0.717, 1.165) is 17.2 Å². The van der Waals surface area contributed by atoms with Crippen LogP contribution in [0.3, 0.4) is 0 Å². The average molecular weight is 422 g/mol. The van der Waals surface area contributed by atoms with Gasteiger partial charge in [0.25, 0.3) is 11.7 Å². The summed E-state index contributed by atoms with van der Waals surface area (Å²) in [4.78, 5) is 25.7. The fourth-order valence-electron chi connectivity index (χ4n) is 2.59. The number of fused-ring (bicyclic) bond motifs is 1. The van der Waals surface area contributed by atoms with Gasteiger partial charge in [-0.25, -0.2) is 4.39 Å². The lowest BCUT2D eigenvalue weighted by Crippen LogP contribution is -2.29. The lowest BCUT2D eigenvalue weighted by atomic mass is 10.1. The number of carbonyl (C=O) groups excluding carboxylic acids is 2. The van der Waals surface area contributed by atoms with Gasteiger partial charge in [0.15, 0.2) is 5.17 Å². The molecule has 128 valence electrons. The second-order valence-corrected chi connectivity index (χ2v) is 7.35. The monoisotopic (exact) mass is 421 g/mol. The van der Waals surface area contributed by atoms with Crippen LogP contribution in [0, 0.1) is 11.2 Å². The van der Waals surface area contributed by atoms with Crippen LogP contribution in [0.1, 0.15) is 21.5 Å². The van der Waals surface area contributed by atoms with Crippen molar-refractivity contribution in [3.05, 3.63) is 63.4 Å². The number of nitrogens with one attached hydrogen (secondary N) is 1. The quantitative estimate of drug-likeness (QED) is 0.449. The first-order chi connectivity index (χ1) is 11.9. The summed E-state index contributed by atoms with van der Waals surface area (Å²) in [6, 6.07) is 9.79. The van der Waals surface area contributed by atoms with Gasteiger partial charge in [-0.15, -0.1) is 0 Å². The maximum Gasteiger partial charge on any atom is 0.299 e. The van der Waals surface area contributed by atoms with Gasteiger partial charge in [0, 0.05) is 10.2 Å². The van der Waals surface area contributed by atoms with E-state index in [1.54, 1.807) is 0 Å². The van der Waals surface area contributed by atoms with Gasteiger partial charge >= 0.3 is 0 Å². The van der Waals surface area contributed by atoms with E-state index in [1.165, 1.54) is 22.7 Å². The number of carbonyl (C=O) groups is 2. The lowest BCUT2D eigenvalue weighted by molar-refractivity contribution is -0.114. The highest BCUT2D eigenvalue weighted by atomic mass is 79.9. The summed E-state index contributed by atoms with van der Waals surface area (Å²) in [5.41, 5.74) is 7.62. The van der Waals surface area contributed by atoms with Crippen LogP contribution in [0.4, 0.5) is 10.1 Å². The minimum absolute atomic E-state index is 0.0546. The second-order valence-electron chi connectivity index (χ2n) is 5.47. The molecule has 0 bridgehead atoms. The first kappa shape index (κ1) is 17.6. The van der Waals surface area contributed by atoms with Gasteiger partial charge in [0.2, 0.25) is 0 Å². The molecule has 0 atom stereocenters. The van der Waals surface area contributed by atoms with Gasteiger partial charge in [-0.2, -0.15) is 0 Å². The summed E-state index contributed by atoms with van der Waals surface area (Å²) < 4.78 is 13.9. The molecule has 2 aromatic rings. The molecule has 3 N–H and O–H groups in total. The molecule has 0 spiro atoms. The summed E-state index contributed by atoms with van der Waals surface area (Å²) in [5, 5.41) is 7.27. The number of ketones is 1. The molecular weight excluding hydrogens is 409 g/mol. The summed E-state index contributed by atoms with van der Waals surface area (Å²) in [6.07, 6.45) is 0. The molecule has 0 fully saturated rings. The number of halogens is 2. The smallest absolute Gasteiger partial charge is 0.299 e. The Morgan fingerprint density at radius 3 is 2.48 bits per heavy atom. The van der Waals surface area contributed by atoms with Crippen molar-refractivity contribution < 1.29 is 14.0 Å². The molecule has 3 rings (SSSR count). The minimum atomic E-state index is -0.704. The molecule has 1 aliphatic heterocycles. The lowest BCUT2D eigenvalue weighted by Gasteiger charge is -2.18. The molecule has 0 saturated carbocycles. The van der Waals surface area contributed by atoms with Gasteiger partial charge in [-0.05, 0) is 39.2 Å². The van der Waals surface area contributed by atoms with Crippen molar-refractivity contribution in [3.8, 4) is 0 Å². The molecule has 2 aromatic carbocycles. The van der Waals surface area contributed by atoms with Crippen molar-refractivity contribution in [2.45, 2.75) is 12.3 Å². The molecule has 1 heterocycles. The minimum Gasteiger partial charge on any atom is -0.379 e. The number of benzene rings is 2. The maximum absolute atomic E-state index is 13.5. The molecule has 0 radical (unpaired) electrons. The number of rotatable bonds is 4. The molecule has 1 aliphatic rings. The molecular formula is C17H13BrFN3O2S. The summed E-state index contributed by atoms with van der Waals surface area (Å²) >= 11 is 4.46. The third-order valence-electron chi connectivity index (χ3n) is 3.74. The first-order valence-corrected chi connectivity index (χ1v) is 9.04. The SMILES string of the molecule is N=C(N)SCc1ccc(CN2C(=O)C(=O)c3cc(F)cc(Br)c32)cc1. The Labute approximate surface area is 156 Å². The van der Waals surface area contributed by atoms with Crippen molar-refractivity contribution in [3.63, 3.8) is 0 Å². The first-order valence-electron chi connectivity index (χ1n) is 7.26. The van der Waals surface area contributed by atoms with E-state index in [-0.39, 0.29) is 17.3 Å². The van der Waals surface area contributed by atoms with Crippen molar-refractivity contribution >= 4 is 50.2 Å². The Bertz CT molecular complexity index is 886. The van der Waals surface area contributed by atoms with E-state index in [2.05, 4.69) is 15.9 Å². The van der Waals surface area contributed by atoms with E-state index < -0.39 is 17.5 Å². The van der Waals surface area contributed by atoms with E-state index in [9.17, 15) is 14.0 Å². The largest absolute Gasteiger partial charge is 0.379 e. The molecule has 0 aromatic heterocycles. The van der Waals surface area contributed by atoms with Crippen LogP contribution in [0.5, 0.6) is 0 Å². The van der Waals surface area contributed by atoms with E-state index in [0.29, 0.717) is 15.9 Å². The Morgan fingerprint density at radius 2 is 1.84 bits per heavy atom. The molecule has 5 nitrogen and oxygen atoms in total. The number of thioether (sulfide) groups is 1. The van der Waals surface area contributed by atoms with Crippen molar-refractivity contribution in [1.29, 1.82) is 5.41 Å². The maximum atomic E-state index is 13.5. The number of anilines is 1. The van der Waals surface area contributed by atoms with Gasteiger partial charge < -0.3 is 5.73 Å². The van der Waals surface area contributed by atoms with Gasteiger partial charge in [-0.1, -0.05) is 36.0 Å². The third kappa shape index (κ3) is 3.59. The molecule has 0 saturated heterocycles.